The SMILES string of the molecule is O=C(NCc1ccc(Cl)c(Nc2nc3nc(OCC(F)F)c(C(=O)NCC4CCC(C(F)(F)F)CC4)cc3[nH]2)c1Cl)c1ccn[nH]1. The van der Waals surface area contributed by atoms with Gasteiger partial charge in [0, 0.05) is 19.3 Å². The number of aromatic amines is 2. The molecule has 1 aliphatic carbocycles. The Kier molecular flexibility index (Phi) is 10.2. The molecule has 0 spiro atoms. The summed E-state index contributed by atoms with van der Waals surface area (Å²) >= 11 is 13.0. The van der Waals surface area contributed by atoms with Crippen LogP contribution >= 0.6 is 23.2 Å². The normalized spacial score (nSPS) is 16.9. The van der Waals surface area contributed by atoms with E-state index in [2.05, 4.69) is 41.1 Å². The lowest BCUT2D eigenvalue weighted by atomic mass is 9.81. The van der Waals surface area contributed by atoms with Crippen molar-refractivity contribution >= 4 is 57.8 Å². The lowest BCUT2D eigenvalue weighted by Crippen LogP contribution is -2.34. The van der Waals surface area contributed by atoms with E-state index in [9.17, 15) is 31.5 Å². The number of amides is 2. The molecule has 0 bridgehead atoms. The fraction of sp³-hybridized carbons (Fsp3) is 0.393. The number of pyridine rings is 1. The Bertz CT molecular complexity index is 1690. The Morgan fingerprint density at radius 1 is 1.04 bits per heavy atom. The zero-order chi connectivity index (χ0) is 33.0. The number of carbonyl (C=O) groups excluding carboxylic acids is 2. The van der Waals surface area contributed by atoms with E-state index in [4.69, 9.17) is 27.9 Å². The zero-order valence-electron chi connectivity index (χ0n) is 23.8. The van der Waals surface area contributed by atoms with E-state index in [1.54, 1.807) is 12.1 Å². The molecule has 2 amide bonds. The van der Waals surface area contributed by atoms with E-state index in [-0.39, 0.29) is 88.8 Å². The van der Waals surface area contributed by atoms with Crippen molar-refractivity contribution in [3.8, 4) is 5.88 Å². The summed E-state index contributed by atoms with van der Waals surface area (Å²) < 4.78 is 70.1. The number of benzene rings is 1. The van der Waals surface area contributed by atoms with Crippen LogP contribution in [-0.4, -0.2) is 62.7 Å². The van der Waals surface area contributed by atoms with Crippen LogP contribution in [0.5, 0.6) is 5.88 Å². The van der Waals surface area contributed by atoms with Crippen molar-refractivity contribution in [2.75, 3.05) is 18.5 Å². The van der Waals surface area contributed by atoms with Crippen molar-refractivity contribution in [1.82, 2.24) is 35.8 Å². The van der Waals surface area contributed by atoms with Crippen LogP contribution in [0.25, 0.3) is 11.2 Å². The fourth-order valence-corrected chi connectivity index (χ4v) is 5.58. The molecule has 46 heavy (non-hydrogen) atoms. The number of imidazole rings is 1. The van der Waals surface area contributed by atoms with Gasteiger partial charge in [0.2, 0.25) is 11.8 Å². The number of nitrogens with one attached hydrogen (secondary N) is 5. The first kappa shape index (κ1) is 33.2. The maximum Gasteiger partial charge on any atom is 0.391 e. The molecular weight excluding hydrogens is 662 g/mol. The number of anilines is 2. The molecular formula is C28H27Cl2F5N8O3. The predicted molar refractivity (Wildman–Crippen MR) is 159 cm³/mol. The number of fused-ring (bicyclic) bond motifs is 1. The Morgan fingerprint density at radius 3 is 2.48 bits per heavy atom. The molecule has 18 heteroatoms. The number of aromatic nitrogens is 5. The Hall–Kier alpha value is -4.18. The first-order valence-electron chi connectivity index (χ1n) is 14.1. The van der Waals surface area contributed by atoms with E-state index >= 15 is 0 Å². The molecule has 0 atom stereocenters. The van der Waals surface area contributed by atoms with E-state index < -0.39 is 42.8 Å². The average Bonchev–Trinajstić information content (AvgIpc) is 3.70. The lowest BCUT2D eigenvalue weighted by Gasteiger charge is -2.29. The summed E-state index contributed by atoms with van der Waals surface area (Å²) in [5, 5.41) is 15.0. The number of hydrogen-bond donors (Lipinski definition) is 5. The first-order valence-corrected chi connectivity index (χ1v) is 14.8. The molecule has 5 N–H and O–H groups in total. The van der Waals surface area contributed by atoms with Gasteiger partial charge in [-0.05, 0) is 55.4 Å². The molecule has 4 aromatic rings. The molecule has 246 valence electrons. The maximum absolute atomic E-state index is 13.1. The third kappa shape index (κ3) is 7.96. The van der Waals surface area contributed by atoms with E-state index in [0.717, 1.165) is 0 Å². The highest BCUT2D eigenvalue weighted by Crippen LogP contribution is 2.39. The number of ether oxygens (including phenoxy) is 1. The number of alkyl halides is 5. The average molecular weight is 689 g/mol. The minimum Gasteiger partial charge on any atom is -0.471 e. The van der Waals surface area contributed by atoms with Gasteiger partial charge in [-0.2, -0.15) is 28.2 Å². The summed E-state index contributed by atoms with van der Waals surface area (Å²) in [6, 6.07) is 6.01. The second kappa shape index (κ2) is 14.1. The number of H-pyrrole nitrogens is 2. The summed E-state index contributed by atoms with van der Waals surface area (Å²) in [6.45, 7) is -0.886. The largest absolute Gasteiger partial charge is 0.471 e. The van der Waals surface area contributed by atoms with Crippen molar-refractivity contribution in [2.24, 2.45) is 11.8 Å². The number of hydrogen-bond acceptors (Lipinski definition) is 7. The van der Waals surface area contributed by atoms with Gasteiger partial charge in [-0.25, -0.2) is 8.78 Å². The second-order valence-corrected chi connectivity index (χ2v) is 11.4. The number of nitrogens with zero attached hydrogens (tertiary/aromatic N) is 3. The molecule has 0 aliphatic heterocycles. The smallest absolute Gasteiger partial charge is 0.391 e. The molecule has 3 aromatic heterocycles. The topological polar surface area (TPSA) is 150 Å². The van der Waals surface area contributed by atoms with Crippen molar-refractivity contribution in [3.63, 3.8) is 0 Å². The van der Waals surface area contributed by atoms with Gasteiger partial charge in [-0.3, -0.25) is 14.7 Å². The van der Waals surface area contributed by atoms with Gasteiger partial charge in [-0.15, -0.1) is 0 Å². The first-order chi connectivity index (χ1) is 21.9. The fourth-order valence-electron chi connectivity index (χ4n) is 5.04. The monoisotopic (exact) mass is 688 g/mol. The molecule has 1 fully saturated rings. The molecule has 1 aliphatic rings. The Balaban J connectivity index is 1.32. The highest BCUT2D eigenvalue weighted by atomic mass is 35.5. The lowest BCUT2D eigenvalue weighted by molar-refractivity contribution is -0.183. The number of rotatable bonds is 11. The summed E-state index contributed by atoms with van der Waals surface area (Å²) in [7, 11) is 0. The van der Waals surface area contributed by atoms with Gasteiger partial charge in [0.1, 0.15) is 11.3 Å². The van der Waals surface area contributed by atoms with Crippen molar-refractivity contribution in [3.05, 3.63) is 57.3 Å². The van der Waals surface area contributed by atoms with Gasteiger partial charge >= 0.3 is 6.18 Å². The third-order valence-corrected chi connectivity index (χ3v) is 8.24. The van der Waals surface area contributed by atoms with Gasteiger partial charge < -0.3 is 25.7 Å². The van der Waals surface area contributed by atoms with Crippen molar-refractivity contribution < 1.29 is 36.3 Å². The molecule has 0 radical (unpaired) electrons. The zero-order valence-corrected chi connectivity index (χ0v) is 25.3. The van der Waals surface area contributed by atoms with Crippen LogP contribution in [0.15, 0.2) is 30.5 Å². The standard InChI is InChI=1S/C28H27Cl2F5N8O3/c29-17-6-3-14(11-37-25(45)18-7-8-38-43-18)21(30)22(17)40-27-39-19-9-16(26(41-23(19)42-27)46-12-20(31)32)24(44)36-10-13-1-4-15(5-2-13)28(33,34)35/h3,6-9,13,15,20H,1-2,4-5,10-12H2,(H,36,44)(H,37,45)(H,38,43)(H2,39,40,41,42). The van der Waals surface area contributed by atoms with Crippen molar-refractivity contribution in [1.29, 1.82) is 0 Å². The van der Waals surface area contributed by atoms with E-state index in [1.807, 2.05) is 0 Å². The van der Waals surface area contributed by atoms with Crippen LogP contribution in [-0.2, 0) is 6.54 Å². The van der Waals surface area contributed by atoms with Crippen LogP contribution in [0.1, 0.15) is 52.1 Å². The highest BCUT2D eigenvalue weighted by Gasteiger charge is 2.41. The predicted octanol–water partition coefficient (Wildman–Crippen LogP) is 6.40. The van der Waals surface area contributed by atoms with Crippen LogP contribution < -0.4 is 20.7 Å². The summed E-state index contributed by atoms with van der Waals surface area (Å²) in [4.78, 5) is 36.8. The quantitative estimate of drug-likeness (QED) is 0.114. The molecule has 5 rings (SSSR count). The molecule has 0 saturated heterocycles. The van der Waals surface area contributed by atoms with Gasteiger partial charge in [0.15, 0.2) is 12.3 Å². The Morgan fingerprint density at radius 2 is 1.80 bits per heavy atom. The van der Waals surface area contributed by atoms with E-state index in [0.29, 0.717) is 5.56 Å². The maximum atomic E-state index is 13.1. The van der Waals surface area contributed by atoms with Gasteiger partial charge in [0.05, 0.1) is 27.2 Å². The summed E-state index contributed by atoms with van der Waals surface area (Å²) in [6.07, 6.45) is -5.14. The molecule has 0 unspecified atom stereocenters. The Labute approximate surface area is 268 Å². The highest BCUT2D eigenvalue weighted by molar-refractivity contribution is 6.39. The van der Waals surface area contributed by atoms with Crippen LogP contribution in [0.3, 0.4) is 0 Å². The molecule has 1 saturated carbocycles. The summed E-state index contributed by atoms with van der Waals surface area (Å²) in [5.74, 6) is -2.93. The molecule has 11 nitrogen and oxygen atoms in total. The van der Waals surface area contributed by atoms with Gasteiger partial charge in [-0.1, -0.05) is 29.3 Å². The van der Waals surface area contributed by atoms with Crippen molar-refractivity contribution in [2.45, 2.75) is 44.8 Å². The van der Waals surface area contributed by atoms with Crippen LogP contribution in [0.2, 0.25) is 10.0 Å². The molecule has 1 aromatic carbocycles. The minimum atomic E-state index is -4.25. The van der Waals surface area contributed by atoms with E-state index in [1.165, 1.54) is 18.3 Å². The minimum absolute atomic E-state index is 0.0176. The summed E-state index contributed by atoms with van der Waals surface area (Å²) in [5.41, 5.74) is 1.10. The van der Waals surface area contributed by atoms with Crippen LogP contribution in [0.4, 0.5) is 33.6 Å². The number of carbonyl (C=O) groups is 2. The molecule has 3 heterocycles. The number of halogens is 7. The second-order valence-electron chi connectivity index (χ2n) is 10.6. The van der Waals surface area contributed by atoms with Gasteiger partial charge in [0.25, 0.3) is 18.2 Å². The third-order valence-electron chi connectivity index (χ3n) is 7.49. The van der Waals surface area contributed by atoms with Crippen LogP contribution in [0, 0.1) is 11.8 Å².